The molecule has 0 aromatic heterocycles. The summed E-state index contributed by atoms with van der Waals surface area (Å²) >= 11 is 3.40. The molecule has 2 N–H and O–H groups in total. The summed E-state index contributed by atoms with van der Waals surface area (Å²) in [4.78, 5) is 11.5. The largest absolute Gasteiger partial charge is 0.496 e. The SMILES string of the molecule is CNCCC(=O)NCc1cc(Br)ccc1OC. The minimum atomic E-state index is 0.0291. The molecule has 1 aromatic rings. The van der Waals surface area contributed by atoms with Crippen LogP contribution in [0.3, 0.4) is 0 Å². The van der Waals surface area contributed by atoms with Crippen LogP contribution < -0.4 is 15.4 Å². The van der Waals surface area contributed by atoms with Gasteiger partial charge in [-0.3, -0.25) is 4.79 Å². The average Bonchev–Trinajstić information content (AvgIpc) is 2.34. The molecule has 1 aromatic carbocycles. The maximum Gasteiger partial charge on any atom is 0.221 e. The van der Waals surface area contributed by atoms with Gasteiger partial charge >= 0.3 is 0 Å². The van der Waals surface area contributed by atoms with Gasteiger partial charge in [-0.15, -0.1) is 0 Å². The normalized spacial score (nSPS) is 10.1. The van der Waals surface area contributed by atoms with Gasteiger partial charge in [-0.2, -0.15) is 0 Å². The third kappa shape index (κ3) is 4.75. The van der Waals surface area contributed by atoms with Crippen molar-refractivity contribution in [1.29, 1.82) is 0 Å². The van der Waals surface area contributed by atoms with Crippen LogP contribution in [-0.2, 0) is 11.3 Å². The number of rotatable bonds is 6. The van der Waals surface area contributed by atoms with E-state index in [1.165, 1.54) is 0 Å². The Morgan fingerprint density at radius 1 is 1.47 bits per heavy atom. The van der Waals surface area contributed by atoms with Gasteiger partial charge in [0.2, 0.25) is 5.91 Å². The fraction of sp³-hybridized carbons (Fsp3) is 0.417. The van der Waals surface area contributed by atoms with E-state index in [0.29, 0.717) is 19.5 Å². The van der Waals surface area contributed by atoms with Crippen LogP contribution in [0.25, 0.3) is 0 Å². The molecule has 0 fully saturated rings. The van der Waals surface area contributed by atoms with Crippen LogP contribution in [0.1, 0.15) is 12.0 Å². The second kappa shape index (κ2) is 7.29. The summed E-state index contributed by atoms with van der Waals surface area (Å²) in [5, 5.41) is 5.79. The lowest BCUT2D eigenvalue weighted by Crippen LogP contribution is -2.26. The van der Waals surface area contributed by atoms with Gasteiger partial charge in [-0.25, -0.2) is 0 Å². The van der Waals surface area contributed by atoms with Crippen LogP contribution in [0, 0.1) is 0 Å². The molecule has 0 aliphatic rings. The molecule has 0 saturated carbocycles. The minimum absolute atomic E-state index is 0.0291. The summed E-state index contributed by atoms with van der Waals surface area (Å²) < 4.78 is 6.20. The van der Waals surface area contributed by atoms with E-state index in [0.717, 1.165) is 15.8 Å². The van der Waals surface area contributed by atoms with Gasteiger partial charge < -0.3 is 15.4 Å². The minimum Gasteiger partial charge on any atom is -0.496 e. The van der Waals surface area contributed by atoms with Gasteiger partial charge in [0.25, 0.3) is 0 Å². The van der Waals surface area contributed by atoms with Gasteiger partial charge in [0.15, 0.2) is 0 Å². The van der Waals surface area contributed by atoms with Gasteiger partial charge in [-0.1, -0.05) is 15.9 Å². The lowest BCUT2D eigenvalue weighted by atomic mass is 10.2. The third-order valence-corrected chi connectivity index (χ3v) is 2.81. The zero-order valence-electron chi connectivity index (χ0n) is 10.0. The fourth-order valence-corrected chi connectivity index (χ4v) is 1.81. The van der Waals surface area contributed by atoms with E-state index in [-0.39, 0.29) is 5.91 Å². The van der Waals surface area contributed by atoms with Crippen LogP contribution in [0.5, 0.6) is 5.75 Å². The van der Waals surface area contributed by atoms with Crippen LogP contribution in [-0.4, -0.2) is 26.6 Å². The van der Waals surface area contributed by atoms with Crippen molar-refractivity contribution in [2.24, 2.45) is 0 Å². The monoisotopic (exact) mass is 300 g/mol. The van der Waals surface area contributed by atoms with Crippen molar-refractivity contribution in [1.82, 2.24) is 10.6 Å². The molecular weight excluding hydrogens is 284 g/mol. The highest BCUT2D eigenvalue weighted by atomic mass is 79.9. The molecule has 1 amide bonds. The lowest BCUT2D eigenvalue weighted by molar-refractivity contribution is -0.121. The van der Waals surface area contributed by atoms with Crippen molar-refractivity contribution >= 4 is 21.8 Å². The lowest BCUT2D eigenvalue weighted by Gasteiger charge is -2.10. The molecule has 0 heterocycles. The highest BCUT2D eigenvalue weighted by Crippen LogP contribution is 2.22. The molecule has 0 radical (unpaired) electrons. The fourth-order valence-electron chi connectivity index (χ4n) is 1.41. The number of benzene rings is 1. The molecule has 0 saturated heterocycles. The summed E-state index contributed by atoms with van der Waals surface area (Å²) in [5.41, 5.74) is 0.958. The van der Waals surface area contributed by atoms with Crippen LogP contribution in [0.2, 0.25) is 0 Å². The zero-order chi connectivity index (χ0) is 12.7. The molecule has 0 spiro atoms. The Labute approximate surface area is 110 Å². The van der Waals surface area contributed by atoms with Gasteiger partial charge in [0, 0.05) is 29.5 Å². The molecule has 5 heteroatoms. The molecule has 0 aliphatic carbocycles. The molecular formula is C12H17BrN2O2. The summed E-state index contributed by atoms with van der Waals surface area (Å²) in [6.07, 6.45) is 0.479. The standard InChI is InChI=1S/C12H17BrN2O2/c1-14-6-5-12(16)15-8-9-7-10(13)3-4-11(9)17-2/h3-4,7,14H,5-6,8H2,1-2H3,(H,15,16). The van der Waals surface area contributed by atoms with E-state index in [2.05, 4.69) is 26.6 Å². The first-order valence-electron chi connectivity index (χ1n) is 5.41. The molecule has 17 heavy (non-hydrogen) atoms. The number of amides is 1. The van der Waals surface area contributed by atoms with E-state index in [4.69, 9.17) is 4.74 Å². The van der Waals surface area contributed by atoms with Crippen LogP contribution in [0.4, 0.5) is 0 Å². The predicted molar refractivity (Wildman–Crippen MR) is 71.1 cm³/mol. The number of nitrogens with one attached hydrogen (secondary N) is 2. The summed E-state index contributed by atoms with van der Waals surface area (Å²) in [7, 11) is 3.44. The van der Waals surface area contributed by atoms with E-state index in [9.17, 15) is 4.79 Å². The Bertz CT molecular complexity index is 383. The number of methoxy groups -OCH3 is 1. The smallest absolute Gasteiger partial charge is 0.221 e. The quantitative estimate of drug-likeness (QED) is 0.840. The molecule has 0 atom stereocenters. The third-order valence-electron chi connectivity index (χ3n) is 2.32. The Hall–Kier alpha value is -1.07. The zero-order valence-corrected chi connectivity index (χ0v) is 11.6. The number of carbonyl (C=O) groups excluding carboxylic acids is 1. The number of hydrogen-bond acceptors (Lipinski definition) is 3. The van der Waals surface area contributed by atoms with Crippen molar-refractivity contribution in [3.63, 3.8) is 0 Å². The molecule has 0 bridgehead atoms. The van der Waals surface area contributed by atoms with Crippen LogP contribution in [0.15, 0.2) is 22.7 Å². The average molecular weight is 301 g/mol. The molecule has 0 aliphatic heterocycles. The van der Waals surface area contributed by atoms with Gasteiger partial charge in [-0.05, 0) is 25.2 Å². The molecule has 94 valence electrons. The van der Waals surface area contributed by atoms with Crippen molar-refractivity contribution in [2.45, 2.75) is 13.0 Å². The topological polar surface area (TPSA) is 50.4 Å². The molecule has 0 unspecified atom stereocenters. The summed E-state index contributed by atoms with van der Waals surface area (Å²) in [6.45, 7) is 1.16. The van der Waals surface area contributed by atoms with Crippen LogP contribution >= 0.6 is 15.9 Å². The van der Waals surface area contributed by atoms with E-state index < -0.39 is 0 Å². The second-order valence-corrected chi connectivity index (χ2v) is 4.50. The number of hydrogen-bond donors (Lipinski definition) is 2. The van der Waals surface area contributed by atoms with E-state index >= 15 is 0 Å². The maximum absolute atomic E-state index is 11.5. The number of halogens is 1. The Kier molecular flexibility index (Phi) is 6.00. The van der Waals surface area contributed by atoms with E-state index in [1.807, 2.05) is 25.2 Å². The Balaban J connectivity index is 2.56. The van der Waals surface area contributed by atoms with Crippen molar-refractivity contribution < 1.29 is 9.53 Å². The molecule has 1 rings (SSSR count). The highest BCUT2D eigenvalue weighted by Gasteiger charge is 2.05. The highest BCUT2D eigenvalue weighted by molar-refractivity contribution is 9.10. The summed E-state index contributed by atoms with van der Waals surface area (Å²) in [6, 6.07) is 5.72. The number of carbonyl (C=O) groups is 1. The maximum atomic E-state index is 11.5. The van der Waals surface area contributed by atoms with Gasteiger partial charge in [0.1, 0.15) is 5.75 Å². The van der Waals surface area contributed by atoms with Gasteiger partial charge in [0.05, 0.1) is 7.11 Å². The first-order chi connectivity index (χ1) is 8.17. The second-order valence-electron chi connectivity index (χ2n) is 3.59. The number of ether oxygens (including phenoxy) is 1. The Morgan fingerprint density at radius 3 is 2.88 bits per heavy atom. The predicted octanol–water partition coefficient (Wildman–Crippen LogP) is 1.68. The van der Waals surface area contributed by atoms with Crippen molar-refractivity contribution in [3.8, 4) is 5.75 Å². The first kappa shape index (κ1) is 14.0. The Morgan fingerprint density at radius 2 is 2.24 bits per heavy atom. The molecule has 4 nitrogen and oxygen atoms in total. The van der Waals surface area contributed by atoms with E-state index in [1.54, 1.807) is 7.11 Å². The van der Waals surface area contributed by atoms with Crippen molar-refractivity contribution in [2.75, 3.05) is 20.7 Å². The first-order valence-corrected chi connectivity index (χ1v) is 6.20. The van der Waals surface area contributed by atoms with Crippen molar-refractivity contribution in [3.05, 3.63) is 28.2 Å². The summed E-state index contributed by atoms with van der Waals surface area (Å²) in [5.74, 6) is 0.809.